The number of ether oxygens (including phenoxy) is 1. The normalized spacial score (nSPS) is 14.9. The lowest BCUT2D eigenvalue weighted by Crippen LogP contribution is -2.14. The minimum Gasteiger partial charge on any atom is -0.494 e. The number of nitrogens with zero attached hydrogens (tertiary/aromatic N) is 5. The molecule has 1 atom stereocenters. The molecule has 3 heterocycles. The third-order valence-corrected chi connectivity index (χ3v) is 5.64. The van der Waals surface area contributed by atoms with Crippen molar-refractivity contribution in [3.8, 4) is 11.4 Å². The highest BCUT2D eigenvalue weighted by atomic mass is 19.1. The number of carbonyl (C=O) groups excluding carboxylic acids is 1. The highest BCUT2D eigenvalue weighted by molar-refractivity contribution is 6.03. The molecule has 8 nitrogen and oxygen atoms in total. The molecule has 0 aliphatic carbocycles. The van der Waals surface area contributed by atoms with Gasteiger partial charge >= 0.3 is 0 Å². The fourth-order valence-corrected chi connectivity index (χ4v) is 4.07. The van der Waals surface area contributed by atoms with Crippen molar-refractivity contribution >= 4 is 11.6 Å². The van der Waals surface area contributed by atoms with Crippen LogP contribution in [-0.4, -0.2) is 37.6 Å². The zero-order valence-electron chi connectivity index (χ0n) is 17.6. The summed E-state index contributed by atoms with van der Waals surface area (Å²) in [4.78, 5) is 17.2. The molecule has 0 radical (unpaired) electrons. The number of nitrogens with one attached hydrogen (secondary N) is 1. The second-order valence-corrected chi connectivity index (χ2v) is 7.70. The predicted molar refractivity (Wildman–Crippen MR) is 116 cm³/mol. The number of hydrogen-bond donors (Lipinski definition) is 1. The number of benzene rings is 2. The SMILES string of the molecule is COc1cc(NC(=O)c2nnn3c2CCC3c2ccc(F)cc2)ccc1-n1cnc(C)c1. The van der Waals surface area contributed by atoms with Crippen molar-refractivity contribution in [1.29, 1.82) is 0 Å². The van der Waals surface area contributed by atoms with E-state index in [1.807, 2.05) is 23.8 Å². The van der Waals surface area contributed by atoms with Crippen molar-refractivity contribution in [1.82, 2.24) is 24.5 Å². The van der Waals surface area contributed by atoms with Crippen LogP contribution in [0.2, 0.25) is 0 Å². The Bertz CT molecular complexity index is 1290. The van der Waals surface area contributed by atoms with Gasteiger partial charge in [0.15, 0.2) is 5.69 Å². The lowest BCUT2D eigenvalue weighted by molar-refractivity contribution is 0.102. The van der Waals surface area contributed by atoms with Crippen molar-refractivity contribution in [2.45, 2.75) is 25.8 Å². The van der Waals surface area contributed by atoms with Crippen molar-refractivity contribution in [2.75, 3.05) is 12.4 Å². The van der Waals surface area contributed by atoms with Crippen LogP contribution in [0, 0.1) is 12.7 Å². The number of halogens is 1. The van der Waals surface area contributed by atoms with Gasteiger partial charge in [0.2, 0.25) is 0 Å². The Balaban J connectivity index is 1.37. The highest BCUT2D eigenvalue weighted by Gasteiger charge is 2.30. The summed E-state index contributed by atoms with van der Waals surface area (Å²) in [6.45, 7) is 1.91. The van der Waals surface area contributed by atoms with Crippen LogP contribution >= 0.6 is 0 Å². The van der Waals surface area contributed by atoms with Crippen LogP contribution in [0.5, 0.6) is 5.75 Å². The molecule has 0 bridgehead atoms. The lowest BCUT2D eigenvalue weighted by Gasteiger charge is -2.12. The van der Waals surface area contributed by atoms with Crippen LogP contribution in [0.15, 0.2) is 55.0 Å². The van der Waals surface area contributed by atoms with Crippen LogP contribution in [0.3, 0.4) is 0 Å². The summed E-state index contributed by atoms with van der Waals surface area (Å²) in [7, 11) is 1.58. The Labute approximate surface area is 183 Å². The molecule has 2 aromatic carbocycles. The molecular weight excluding hydrogens is 411 g/mol. The quantitative estimate of drug-likeness (QED) is 0.520. The van der Waals surface area contributed by atoms with Crippen molar-refractivity contribution in [2.24, 2.45) is 0 Å². The minimum atomic E-state index is -0.334. The zero-order valence-corrected chi connectivity index (χ0v) is 17.6. The number of rotatable bonds is 5. The molecule has 2 aromatic heterocycles. The van der Waals surface area contributed by atoms with Gasteiger partial charge in [-0.25, -0.2) is 14.1 Å². The van der Waals surface area contributed by atoms with E-state index in [-0.39, 0.29) is 17.8 Å². The maximum Gasteiger partial charge on any atom is 0.278 e. The monoisotopic (exact) mass is 432 g/mol. The Kier molecular flexibility index (Phi) is 4.93. The van der Waals surface area contributed by atoms with Gasteiger partial charge in [0.1, 0.15) is 11.6 Å². The number of aromatic nitrogens is 5. The first-order valence-electron chi connectivity index (χ1n) is 10.2. The van der Waals surface area contributed by atoms with E-state index in [0.29, 0.717) is 23.6 Å². The van der Waals surface area contributed by atoms with E-state index in [2.05, 4.69) is 20.6 Å². The molecule has 1 aliphatic heterocycles. The summed E-state index contributed by atoms with van der Waals surface area (Å²) in [5.74, 6) is -0.0145. The van der Waals surface area contributed by atoms with E-state index in [9.17, 15) is 9.18 Å². The first-order chi connectivity index (χ1) is 15.5. The maximum absolute atomic E-state index is 13.3. The van der Waals surface area contributed by atoms with Crippen molar-refractivity contribution < 1.29 is 13.9 Å². The second kappa shape index (κ2) is 7.92. The second-order valence-electron chi connectivity index (χ2n) is 7.70. The van der Waals surface area contributed by atoms with Crippen LogP contribution in [0.25, 0.3) is 5.69 Å². The number of aryl methyl sites for hydroxylation is 1. The third kappa shape index (κ3) is 3.51. The Morgan fingerprint density at radius 3 is 2.75 bits per heavy atom. The van der Waals surface area contributed by atoms with Gasteiger partial charge in [-0.15, -0.1) is 5.10 Å². The lowest BCUT2D eigenvalue weighted by atomic mass is 10.0. The first-order valence-corrected chi connectivity index (χ1v) is 10.2. The average molecular weight is 432 g/mol. The summed E-state index contributed by atoms with van der Waals surface area (Å²) in [6.07, 6.45) is 5.06. The number of anilines is 1. The summed E-state index contributed by atoms with van der Waals surface area (Å²) >= 11 is 0. The molecular formula is C23H21FN6O2. The van der Waals surface area contributed by atoms with Gasteiger partial charge in [0.25, 0.3) is 5.91 Å². The van der Waals surface area contributed by atoms with E-state index >= 15 is 0 Å². The van der Waals surface area contributed by atoms with E-state index in [1.54, 1.807) is 42.4 Å². The molecule has 5 rings (SSSR count). The highest BCUT2D eigenvalue weighted by Crippen LogP contribution is 2.33. The van der Waals surface area contributed by atoms with E-state index in [4.69, 9.17) is 4.74 Å². The van der Waals surface area contributed by atoms with Gasteiger partial charge in [-0.3, -0.25) is 4.79 Å². The fraction of sp³-hybridized carbons (Fsp3) is 0.217. The molecule has 0 saturated carbocycles. The van der Waals surface area contributed by atoms with Crippen LogP contribution in [0.1, 0.15) is 39.9 Å². The molecule has 0 spiro atoms. The number of methoxy groups -OCH3 is 1. The van der Waals surface area contributed by atoms with Crippen molar-refractivity contribution in [3.63, 3.8) is 0 Å². The Morgan fingerprint density at radius 2 is 2.03 bits per heavy atom. The Hall–Kier alpha value is -4.01. The summed E-state index contributed by atoms with van der Waals surface area (Å²) in [5, 5.41) is 11.2. The van der Waals surface area contributed by atoms with E-state index < -0.39 is 0 Å². The molecule has 1 unspecified atom stereocenters. The molecule has 4 aromatic rings. The number of amides is 1. The molecule has 9 heteroatoms. The summed E-state index contributed by atoms with van der Waals surface area (Å²) in [6, 6.07) is 11.7. The smallest absolute Gasteiger partial charge is 0.278 e. The van der Waals surface area contributed by atoms with E-state index in [0.717, 1.165) is 29.1 Å². The molecule has 1 aliphatic rings. The number of hydrogen-bond acceptors (Lipinski definition) is 5. The van der Waals surface area contributed by atoms with E-state index in [1.165, 1.54) is 12.1 Å². The molecule has 0 saturated heterocycles. The minimum absolute atomic E-state index is 0.0577. The van der Waals surface area contributed by atoms with Gasteiger partial charge < -0.3 is 14.6 Å². The number of fused-ring (bicyclic) bond motifs is 1. The first kappa shape index (κ1) is 19.9. The maximum atomic E-state index is 13.3. The zero-order chi connectivity index (χ0) is 22.2. The number of carbonyl (C=O) groups is 1. The number of imidazole rings is 1. The molecule has 162 valence electrons. The topological polar surface area (TPSA) is 86.9 Å². The van der Waals surface area contributed by atoms with Gasteiger partial charge in [-0.2, -0.15) is 0 Å². The molecule has 0 fully saturated rings. The van der Waals surface area contributed by atoms with Gasteiger partial charge in [-0.1, -0.05) is 17.3 Å². The van der Waals surface area contributed by atoms with Crippen LogP contribution < -0.4 is 10.1 Å². The molecule has 1 amide bonds. The van der Waals surface area contributed by atoms with Crippen molar-refractivity contribution in [3.05, 3.63) is 83.5 Å². The molecule has 32 heavy (non-hydrogen) atoms. The van der Waals surface area contributed by atoms with Gasteiger partial charge in [0.05, 0.1) is 36.6 Å². The largest absolute Gasteiger partial charge is 0.494 e. The van der Waals surface area contributed by atoms with Gasteiger partial charge in [-0.05, 0) is 49.6 Å². The Morgan fingerprint density at radius 1 is 1.22 bits per heavy atom. The fourth-order valence-electron chi connectivity index (χ4n) is 4.07. The van der Waals surface area contributed by atoms with Crippen LogP contribution in [-0.2, 0) is 6.42 Å². The summed E-state index contributed by atoms with van der Waals surface area (Å²) in [5.41, 5.74) is 4.30. The third-order valence-electron chi connectivity index (χ3n) is 5.64. The predicted octanol–water partition coefficient (Wildman–Crippen LogP) is 3.71. The van der Waals surface area contributed by atoms with Gasteiger partial charge in [0, 0.05) is 18.0 Å². The molecule has 1 N–H and O–H groups in total. The summed E-state index contributed by atoms with van der Waals surface area (Å²) < 4.78 is 22.4. The van der Waals surface area contributed by atoms with Crippen LogP contribution in [0.4, 0.5) is 10.1 Å². The average Bonchev–Trinajstić information content (AvgIpc) is 3.51. The standard InChI is InChI=1S/C23H21FN6O2/c1-14-12-29(13-25-14)19-8-7-17(11-21(19)32-2)26-23(31)22-20-10-9-18(30(20)28-27-22)15-3-5-16(24)6-4-15/h3-8,11-13,18H,9-10H2,1-2H3,(H,26,31).